The summed E-state index contributed by atoms with van der Waals surface area (Å²) in [5.41, 5.74) is 2.01. The monoisotopic (exact) mass is 278 g/mol. The molecule has 0 aliphatic carbocycles. The van der Waals surface area contributed by atoms with E-state index in [0.717, 1.165) is 16.9 Å². The largest absolute Gasteiger partial charge is 0.489 e. The Morgan fingerprint density at radius 1 is 0.905 bits per heavy atom. The average molecular weight is 278 g/mol. The molecule has 0 unspecified atom stereocenters. The number of ether oxygens (including phenoxy) is 1. The van der Waals surface area contributed by atoms with Gasteiger partial charge in [-0.2, -0.15) is 0 Å². The third kappa shape index (κ3) is 3.20. The molecular weight excluding hydrogens is 264 g/mol. The minimum Gasteiger partial charge on any atom is -0.489 e. The number of hydrogen-bond acceptors (Lipinski definition) is 3. The Hall–Kier alpha value is -2.81. The van der Waals surface area contributed by atoms with Gasteiger partial charge in [-0.3, -0.25) is 4.79 Å². The number of hydrogen-bond donors (Lipinski definition) is 0. The Balaban J connectivity index is 1.68. The molecule has 0 saturated heterocycles. The van der Waals surface area contributed by atoms with Gasteiger partial charge < -0.3 is 9.15 Å². The van der Waals surface area contributed by atoms with Crippen molar-refractivity contribution < 1.29 is 13.9 Å². The van der Waals surface area contributed by atoms with Crippen LogP contribution in [0.4, 0.5) is 0 Å². The van der Waals surface area contributed by atoms with Crippen LogP contribution < -0.4 is 4.74 Å². The zero-order valence-electron chi connectivity index (χ0n) is 11.4. The van der Waals surface area contributed by atoms with Crippen LogP contribution in [0.1, 0.15) is 16.1 Å². The van der Waals surface area contributed by atoms with E-state index in [4.69, 9.17) is 9.15 Å². The number of rotatable bonds is 5. The first-order valence-electron chi connectivity index (χ1n) is 6.67. The lowest BCUT2D eigenvalue weighted by Gasteiger charge is -2.06. The van der Waals surface area contributed by atoms with Crippen LogP contribution in [0.25, 0.3) is 11.3 Å². The summed E-state index contributed by atoms with van der Waals surface area (Å²) >= 11 is 0. The molecule has 1 aromatic heterocycles. The fourth-order valence-corrected chi connectivity index (χ4v) is 2.02. The zero-order chi connectivity index (χ0) is 14.5. The molecule has 0 atom stereocenters. The van der Waals surface area contributed by atoms with Crippen LogP contribution in [0.2, 0.25) is 0 Å². The third-order valence-corrected chi connectivity index (χ3v) is 3.13. The SMILES string of the molecule is O=Cc1ccc(-c2ccc(COc3ccccc3)cc2)o1. The van der Waals surface area contributed by atoms with E-state index in [1.54, 1.807) is 12.1 Å². The Labute approximate surface area is 122 Å². The van der Waals surface area contributed by atoms with Gasteiger partial charge in [0.2, 0.25) is 0 Å². The summed E-state index contributed by atoms with van der Waals surface area (Å²) in [6, 6.07) is 21.0. The lowest BCUT2D eigenvalue weighted by Crippen LogP contribution is -1.94. The smallest absolute Gasteiger partial charge is 0.185 e. The van der Waals surface area contributed by atoms with E-state index in [1.807, 2.05) is 54.6 Å². The molecule has 0 spiro atoms. The normalized spacial score (nSPS) is 10.3. The van der Waals surface area contributed by atoms with Crippen molar-refractivity contribution in [3.05, 3.63) is 78.1 Å². The van der Waals surface area contributed by atoms with Crippen LogP contribution >= 0.6 is 0 Å². The van der Waals surface area contributed by atoms with Crippen LogP contribution in [-0.2, 0) is 6.61 Å². The van der Waals surface area contributed by atoms with Gasteiger partial charge in [-0.15, -0.1) is 0 Å². The van der Waals surface area contributed by atoms with Gasteiger partial charge in [0.15, 0.2) is 12.0 Å². The Kier molecular flexibility index (Phi) is 3.83. The topological polar surface area (TPSA) is 39.4 Å². The van der Waals surface area contributed by atoms with Crippen LogP contribution in [0.15, 0.2) is 71.1 Å². The molecule has 3 aromatic rings. The number of carbonyl (C=O) groups excluding carboxylic acids is 1. The van der Waals surface area contributed by atoms with E-state index < -0.39 is 0 Å². The number of furan rings is 1. The van der Waals surface area contributed by atoms with Crippen LogP contribution in [0.3, 0.4) is 0 Å². The number of benzene rings is 2. The molecule has 0 aliphatic heterocycles. The quantitative estimate of drug-likeness (QED) is 0.652. The summed E-state index contributed by atoms with van der Waals surface area (Å²) in [5, 5.41) is 0. The van der Waals surface area contributed by atoms with Crippen molar-refractivity contribution in [2.24, 2.45) is 0 Å². The highest BCUT2D eigenvalue weighted by Gasteiger charge is 2.04. The highest BCUT2D eigenvalue weighted by atomic mass is 16.5. The summed E-state index contributed by atoms with van der Waals surface area (Å²) in [6.45, 7) is 0.516. The Morgan fingerprint density at radius 2 is 1.67 bits per heavy atom. The minimum atomic E-state index is 0.335. The maximum atomic E-state index is 10.6. The van der Waals surface area contributed by atoms with E-state index in [1.165, 1.54) is 0 Å². The first-order chi connectivity index (χ1) is 10.3. The molecule has 21 heavy (non-hydrogen) atoms. The summed E-state index contributed by atoms with van der Waals surface area (Å²) in [7, 11) is 0. The van der Waals surface area contributed by atoms with Gasteiger partial charge >= 0.3 is 0 Å². The molecule has 3 heteroatoms. The highest BCUT2D eigenvalue weighted by molar-refractivity contribution is 5.72. The lowest BCUT2D eigenvalue weighted by atomic mass is 10.1. The molecule has 104 valence electrons. The summed E-state index contributed by atoms with van der Waals surface area (Å²) < 4.78 is 11.1. The van der Waals surface area contributed by atoms with Gasteiger partial charge in [0.1, 0.15) is 18.1 Å². The second-order valence-electron chi connectivity index (χ2n) is 4.62. The molecule has 0 saturated carbocycles. The van der Waals surface area contributed by atoms with Crippen LogP contribution in [-0.4, -0.2) is 6.29 Å². The van der Waals surface area contributed by atoms with Gasteiger partial charge in [-0.1, -0.05) is 42.5 Å². The molecule has 1 heterocycles. The predicted octanol–water partition coefficient (Wildman–Crippen LogP) is 4.34. The summed E-state index contributed by atoms with van der Waals surface area (Å²) in [4.78, 5) is 10.6. The van der Waals surface area contributed by atoms with Crippen molar-refractivity contribution in [3.63, 3.8) is 0 Å². The predicted molar refractivity (Wildman–Crippen MR) is 80.3 cm³/mol. The number of carbonyl (C=O) groups is 1. The summed E-state index contributed by atoms with van der Waals surface area (Å²) in [5.74, 6) is 1.87. The van der Waals surface area contributed by atoms with E-state index in [-0.39, 0.29) is 0 Å². The fourth-order valence-electron chi connectivity index (χ4n) is 2.02. The first kappa shape index (κ1) is 13.2. The zero-order valence-corrected chi connectivity index (χ0v) is 11.4. The summed E-state index contributed by atoms with van der Waals surface area (Å²) in [6.07, 6.45) is 0.700. The number of para-hydroxylation sites is 1. The molecule has 0 fully saturated rings. The number of aldehydes is 1. The van der Waals surface area contributed by atoms with E-state index in [2.05, 4.69) is 0 Å². The maximum Gasteiger partial charge on any atom is 0.185 e. The first-order valence-corrected chi connectivity index (χ1v) is 6.67. The molecule has 0 aliphatic rings. The van der Waals surface area contributed by atoms with E-state index in [0.29, 0.717) is 24.4 Å². The van der Waals surface area contributed by atoms with Crippen molar-refractivity contribution in [1.29, 1.82) is 0 Å². The van der Waals surface area contributed by atoms with Gasteiger partial charge in [0.05, 0.1) is 0 Å². The highest BCUT2D eigenvalue weighted by Crippen LogP contribution is 2.22. The molecule has 3 rings (SSSR count). The molecule has 0 radical (unpaired) electrons. The molecule has 3 nitrogen and oxygen atoms in total. The third-order valence-electron chi connectivity index (χ3n) is 3.13. The van der Waals surface area contributed by atoms with Crippen molar-refractivity contribution in [2.75, 3.05) is 0 Å². The van der Waals surface area contributed by atoms with E-state index in [9.17, 15) is 4.79 Å². The molecule has 0 amide bonds. The molecule has 0 bridgehead atoms. The second-order valence-corrected chi connectivity index (χ2v) is 4.62. The van der Waals surface area contributed by atoms with Crippen molar-refractivity contribution in [3.8, 4) is 17.1 Å². The van der Waals surface area contributed by atoms with Crippen LogP contribution in [0, 0.1) is 0 Å². The minimum absolute atomic E-state index is 0.335. The van der Waals surface area contributed by atoms with E-state index >= 15 is 0 Å². The maximum absolute atomic E-state index is 10.6. The molecule has 2 aromatic carbocycles. The second kappa shape index (κ2) is 6.09. The fraction of sp³-hybridized carbons (Fsp3) is 0.0556. The van der Waals surface area contributed by atoms with Crippen molar-refractivity contribution >= 4 is 6.29 Å². The van der Waals surface area contributed by atoms with Gasteiger partial charge in [0, 0.05) is 5.56 Å². The molecular formula is C18H14O3. The molecule has 0 N–H and O–H groups in total. The van der Waals surface area contributed by atoms with Crippen LogP contribution in [0.5, 0.6) is 5.75 Å². The van der Waals surface area contributed by atoms with Crippen molar-refractivity contribution in [1.82, 2.24) is 0 Å². The van der Waals surface area contributed by atoms with Gasteiger partial charge in [-0.05, 0) is 29.8 Å². The standard InChI is InChI=1S/C18H14O3/c19-12-17-10-11-18(21-17)15-8-6-14(7-9-15)13-20-16-4-2-1-3-5-16/h1-12H,13H2. The van der Waals surface area contributed by atoms with Crippen molar-refractivity contribution in [2.45, 2.75) is 6.61 Å². The Morgan fingerprint density at radius 3 is 2.33 bits per heavy atom. The van der Waals surface area contributed by atoms with Gasteiger partial charge in [0.25, 0.3) is 0 Å². The average Bonchev–Trinajstić information content (AvgIpc) is 3.03. The lowest BCUT2D eigenvalue weighted by molar-refractivity contribution is 0.110. The van der Waals surface area contributed by atoms with Gasteiger partial charge in [-0.25, -0.2) is 0 Å². The Bertz CT molecular complexity index is 712.